The molecule has 0 N–H and O–H groups in total. The summed E-state index contributed by atoms with van der Waals surface area (Å²) in [6.07, 6.45) is 3.65. The van der Waals surface area contributed by atoms with Crippen molar-refractivity contribution in [3.63, 3.8) is 0 Å². The highest BCUT2D eigenvalue weighted by Gasteiger charge is 2.08. The molecule has 0 saturated carbocycles. The van der Waals surface area contributed by atoms with Gasteiger partial charge in [0.15, 0.2) is 0 Å². The Morgan fingerprint density at radius 2 is 1.52 bits per heavy atom. The third-order valence-electron chi connectivity index (χ3n) is 4.06. The standard InChI is InChI=1S/C19H18N2/c1-13-7-8-17(15(3)14(13)2)16-9-11-21-19(12-16)18-6-4-5-10-20-18/h4-12H,1-3H3. The smallest absolute Gasteiger partial charge is 0.0892 e. The molecule has 2 nitrogen and oxygen atoms in total. The summed E-state index contributed by atoms with van der Waals surface area (Å²) in [6.45, 7) is 6.51. The third-order valence-corrected chi connectivity index (χ3v) is 4.06. The highest BCUT2D eigenvalue weighted by atomic mass is 14.8. The van der Waals surface area contributed by atoms with Crippen molar-refractivity contribution in [1.29, 1.82) is 0 Å². The van der Waals surface area contributed by atoms with Crippen LogP contribution >= 0.6 is 0 Å². The number of rotatable bonds is 2. The van der Waals surface area contributed by atoms with Crippen LogP contribution in [-0.2, 0) is 0 Å². The average Bonchev–Trinajstić information content (AvgIpc) is 2.54. The topological polar surface area (TPSA) is 25.8 Å². The van der Waals surface area contributed by atoms with E-state index < -0.39 is 0 Å². The first kappa shape index (κ1) is 13.5. The second kappa shape index (κ2) is 5.49. The van der Waals surface area contributed by atoms with Gasteiger partial charge < -0.3 is 0 Å². The first-order valence-electron chi connectivity index (χ1n) is 7.11. The molecule has 0 aliphatic heterocycles. The van der Waals surface area contributed by atoms with Crippen molar-refractivity contribution in [3.8, 4) is 22.5 Å². The molecule has 0 unspecified atom stereocenters. The van der Waals surface area contributed by atoms with Crippen molar-refractivity contribution in [3.05, 3.63) is 71.5 Å². The van der Waals surface area contributed by atoms with Gasteiger partial charge in [0.25, 0.3) is 0 Å². The van der Waals surface area contributed by atoms with E-state index in [4.69, 9.17) is 0 Å². The fraction of sp³-hybridized carbons (Fsp3) is 0.158. The Hall–Kier alpha value is -2.48. The normalized spacial score (nSPS) is 10.6. The Bertz CT molecular complexity index is 777. The third kappa shape index (κ3) is 2.57. The van der Waals surface area contributed by atoms with Gasteiger partial charge in [-0.2, -0.15) is 0 Å². The molecule has 2 aromatic heterocycles. The summed E-state index contributed by atoms with van der Waals surface area (Å²) in [5, 5.41) is 0. The van der Waals surface area contributed by atoms with E-state index in [0.29, 0.717) is 0 Å². The molecule has 0 fully saturated rings. The fourth-order valence-electron chi connectivity index (χ4n) is 2.52. The number of aromatic nitrogens is 2. The molecule has 3 rings (SSSR count). The van der Waals surface area contributed by atoms with Gasteiger partial charge in [0.2, 0.25) is 0 Å². The van der Waals surface area contributed by atoms with Crippen LogP contribution in [0.2, 0.25) is 0 Å². The van der Waals surface area contributed by atoms with E-state index in [2.05, 4.69) is 55.0 Å². The van der Waals surface area contributed by atoms with Gasteiger partial charge in [-0.3, -0.25) is 9.97 Å². The summed E-state index contributed by atoms with van der Waals surface area (Å²) in [6, 6.07) is 14.4. The van der Waals surface area contributed by atoms with Crippen LogP contribution in [0.5, 0.6) is 0 Å². The van der Waals surface area contributed by atoms with Crippen molar-refractivity contribution in [1.82, 2.24) is 9.97 Å². The van der Waals surface area contributed by atoms with Gasteiger partial charge in [-0.25, -0.2) is 0 Å². The minimum Gasteiger partial charge on any atom is -0.255 e. The van der Waals surface area contributed by atoms with Crippen LogP contribution in [0.4, 0.5) is 0 Å². The fourth-order valence-corrected chi connectivity index (χ4v) is 2.52. The minimum atomic E-state index is 0.904. The van der Waals surface area contributed by atoms with E-state index in [1.54, 1.807) is 6.20 Å². The molecule has 0 aliphatic rings. The van der Waals surface area contributed by atoms with Crippen molar-refractivity contribution in [2.45, 2.75) is 20.8 Å². The highest BCUT2D eigenvalue weighted by Crippen LogP contribution is 2.29. The number of hydrogen-bond donors (Lipinski definition) is 0. The van der Waals surface area contributed by atoms with Gasteiger partial charge in [-0.05, 0) is 72.9 Å². The maximum atomic E-state index is 4.44. The first-order chi connectivity index (χ1) is 10.2. The molecule has 2 heteroatoms. The van der Waals surface area contributed by atoms with Crippen LogP contribution in [0.3, 0.4) is 0 Å². The number of nitrogens with zero attached hydrogens (tertiary/aromatic N) is 2. The number of pyridine rings is 2. The SMILES string of the molecule is Cc1ccc(-c2ccnc(-c3ccccn3)c2)c(C)c1C. The van der Waals surface area contributed by atoms with Crippen LogP contribution in [0, 0.1) is 20.8 Å². The maximum Gasteiger partial charge on any atom is 0.0892 e. The van der Waals surface area contributed by atoms with Gasteiger partial charge in [0, 0.05) is 12.4 Å². The zero-order valence-corrected chi connectivity index (χ0v) is 12.6. The quantitative estimate of drug-likeness (QED) is 0.674. The second-order valence-electron chi connectivity index (χ2n) is 5.32. The predicted molar refractivity (Wildman–Crippen MR) is 87.1 cm³/mol. The van der Waals surface area contributed by atoms with E-state index >= 15 is 0 Å². The van der Waals surface area contributed by atoms with E-state index in [9.17, 15) is 0 Å². The largest absolute Gasteiger partial charge is 0.255 e. The molecule has 0 aliphatic carbocycles. The van der Waals surface area contributed by atoms with Gasteiger partial charge in [0.1, 0.15) is 0 Å². The lowest BCUT2D eigenvalue weighted by molar-refractivity contribution is 1.24. The monoisotopic (exact) mass is 274 g/mol. The highest BCUT2D eigenvalue weighted by molar-refractivity contribution is 5.72. The Morgan fingerprint density at radius 3 is 2.29 bits per heavy atom. The Labute approximate surface area is 125 Å². The van der Waals surface area contributed by atoms with Crippen molar-refractivity contribution < 1.29 is 0 Å². The molecule has 0 atom stereocenters. The molecule has 0 radical (unpaired) electrons. The summed E-state index contributed by atoms with van der Waals surface area (Å²) < 4.78 is 0. The van der Waals surface area contributed by atoms with Gasteiger partial charge in [-0.1, -0.05) is 18.2 Å². The van der Waals surface area contributed by atoms with Crippen LogP contribution in [0.25, 0.3) is 22.5 Å². The lowest BCUT2D eigenvalue weighted by atomic mass is 9.94. The van der Waals surface area contributed by atoms with E-state index in [-0.39, 0.29) is 0 Å². The van der Waals surface area contributed by atoms with Crippen LogP contribution in [-0.4, -0.2) is 9.97 Å². The molecule has 2 heterocycles. The lowest BCUT2D eigenvalue weighted by Gasteiger charge is -2.12. The summed E-state index contributed by atoms with van der Waals surface area (Å²) in [4.78, 5) is 8.82. The average molecular weight is 274 g/mol. The van der Waals surface area contributed by atoms with Gasteiger partial charge in [0.05, 0.1) is 11.4 Å². The van der Waals surface area contributed by atoms with Crippen molar-refractivity contribution >= 4 is 0 Å². The van der Waals surface area contributed by atoms with Gasteiger partial charge >= 0.3 is 0 Å². The molecule has 0 saturated heterocycles. The van der Waals surface area contributed by atoms with E-state index in [0.717, 1.165) is 11.4 Å². The van der Waals surface area contributed by atoms with Crippen molar-refractivity contribution in [2.24, 2.45) is 0 Å². The van der Waals surface area contributed by atoms with Crippen LogP contribution in [0.1, 0.15) is 16.7 Å². The van der Waals surface area contributed by atoms with Crippen LogP contribution < -0.4 is 0 Å². The summed E-state index contributed by atoms with van der Waals surface area (Å²) >= 11 is 0. The lowest BCUT2D eigenvalue weighted by Crippen LogP contribution is -1.92. The predicted octanol–water partition coefficient (Wildman–Crippen LogP) is 4.74. The van der Waals surface area contributed by atoms with E-state index in [1.165, 1.54) is 27.8 Å². The molecule has 104 valence electrons. The maximum absolute atomic E-state index is 4.44. The summed E-state index contributed by atoms with van der Waals surface area (Å²) in [5.74, 6) is 0. The number of hydrogen-bond acceptors (Lipinski definition) is 2. The molecular formula is C19H18N2. The number of benzene rings is 1. The second-order valence-corrected chi connectivity index (χ2v) is 5.32. The minimum absolute atomic E-state index is 0.904. The number of aryl methyl sites for hydroxylation is 1. The summed E-state index contributed by atoms with van der Waals surface area (Å²) in [7, 11) is 0. The molecule has 21 heavy (non-hydrogen) atoms. The van der Waals surface area contributed by atoms with E-state index in [1.807, 2.05) is 24.4 Å². The summed E-state index contributed by atoms with van der Waals surface area (Å²) in [5.41, 5.74) is 8.27. The zero-order valence-electron chi connectivity index (χ0n) is 12.6. The Morgan fingerprint density at radius 1 is 0.714 bits per heavy atom. The zero-order chi connectivity index (χ0) is 14.8. The molecule has 0 spiro atoms. The Balaban J connectivity index is 2.11. The van der Waals surface area contributed by atoms with Crippen molar-refractivity contribution in [2.75, 3.05) is 0 Å². The van der Waals surface area contributed by atoms with Gasteiger partial charge in [-0.15, -0.1) is 0 Å². The molecule has 3 aromatic rings. The molecule has 0 amide bonds. The molecule has 1 aromatic carbocycles. The first-order valence-corrected chi connectivity index (χ1v) is 7.11. The molecule has 0 bridgehead atoms. The Kier molecular flexibility index (Phi) is 3.53. The molecular weight excluding hydrogens is 256 g/mol. The van der Waals surface area contributed by atoms with Crippen LogP contribution in [0.15, 0.2) is 54.9 Å².